The summed E-state index contributed by atoms with van der Waals surface area (Å²) >= 11 is 2.01. The zero-order valence-corrected chi connectivity index (χ0v) is 11.2. The minimum absolute atomic E-state index is 0.0949. The predicted octanol–water partition coefficient (Wildman–Crippen LogP) is 2.87. The van der Waals surface area contributed by atoms with E-state index >= 15 is 0 Å². The number of anilines is 1. The van der Waals surface area contributed by atoms with Crippen LogP contribution in [0.25, 0.3) is 0 Å². The van der Waals surface area contributed by atoms with Crippen LogP contribution in [0.3, 0.4) is 0 Å². The van der Waals surface area contributed by atoms with Crippen LogP contribution in [0.2, 0.25) is 0 Å². The highest BCUT2D eigenvalue weighted by molar-refractivity contribution is 7.99. The van der Waals surface area contributed by atoms with Crippen molar-refractivity contribution in [2.45, 2.75) is 37.5 Å². The van der Waals surface area contributed by atoms with Crippen molar-refractivity contribution in [3.05, 3.63) is 23.9 Å². The van der Waals surface area contributed by atoms with Gasteiger partial charge in [0.2, 0.25) is 0 Å². The SMILES string of the molecule is CCSC1CCC(Nc2cccc(C(=O)O)n2)C1. The lowest BCUT2D eigenvalue weighted by Gasteiger charge is -2.13. The van der Waals surface area contributed by atoms with Crippen LogP contribution in [0.1, 0.15) is 36.7 Å². The van der Waals surface area contributed by atoms with Gasteiger partial charge in [-0.05, 0) is 37.1 Å². The Morgan fingerprint density at radius 2 is 2.39 bits per heavy atom. The van der Waals surface area contributed by atoms with Gasteiger partial charge < -0.3 is 10.4 Å². The number of aromatic carboxylic acids is 1. The van der Waals surface area contributed by atoms with E-state index in [1.54, 1.807) is 6.07 Å². The normalized spacial score (nSPS) is 22.9. The van der Waals surface area contributed by atoms with Crippen molar-refractivity contribution in [1.29, 1.82) is 0 Å². The van der Waals surface area contributed by atoms with Gasteiger partial charge in [0, 0.05) is 11.3 Å². The smallest absolute Gasteiger partial charge is 0.354 e. The van der Waals surface area contributed by atoms with Crippen LogP contribution in [-0.4, -0.2) is 33.1 Å². The Kier molecular flexibility index (Phi) is 4.47. The summed E-state index contributed by atoms with van der Waals surface area (Å²) in [5.74, 6) is 0.843. The molecule has 0 aromatic carbocycles. The molecule has 4 nitrogen and oxygen atoms in total. The Labute approximate surface area is 111 Å². The second-order valence-electron chi connectivity index (χ2n) is 4.44. The molecule has 1 aromatic heterocycles. The molecule has 0 spiro atoms. The molecule has 2 N–H and O–H groups in total. The van der Waals surface area contributed by atoms with E-state index in [2.05, 4.69) is 17.2 Å². The number of carboxylic acid groups (broad SMARTS) is 1. The molecular formula is C13H18N2O2S. The molecule has 0 amide bonds. The van der Waals surface area contributed by atoms with Gasteiger partial charge >= 0.3 is 5.97 Å². The second-order valence-corrected chi connectivity index (χ2v) is 6.02. The molecule has 1 aromatic rings. The van der Waals surface area contributed by atoms with Crippen LogP contribution in [0.5, 0.6) is 0 Å². The molecule has 1 aliphatic rings. The van der Waals surface area contributed by atoms with E-state index in [1.165, 1.54) is 12.5 Å². The molecule has 98 valence electrons. The van der Waals surface area contributed by atoms with E-state index < -0.39 is 5.97 Å². The maximum absolute atomic E-state index is 10.8. The summed E-state index contributed by atoms with van der Waals surface area (Å²) in [5.41, 5.74) is 0.0949. The van der Waals surface area contributed by atoms with Gasteiger partial charge in [-0.15, -0.1) is 0 Å². The number of carboxylic acids is 1. The molecule has 0 aliphatic heterocycles. The van der Waals surface area contributed by atoms with E-state index in [1.807, 2.05) is 17.8 Å². The fraction of sp³-hybridized carbons (Fsp3) is 0.538. The van der Waals surface area contributed by atoms with Crippen molar-refractivity contribution in [2.24, 2.45) is 0 Å². The zero-order valence-electron chi connectivity index (χ0n) is 10.4. The molecule has 2 rings (SSSR count). The lowest BCUT2D eigenvalue weighted by molar-refractivity contribution is 0.0690. The summed E-state index contributed by atoms with van der Waals surface area (Å²) in [6.45, 7) is 2.18. The fourth-order valence-corrected chi connectivity index (χ4v) is 3.44. The molecule has 0 saturated heterocycles. The molecule has 2 atom stereocenters. The van der Waals surface area contributed by atoms with E-state index in [4.69, 9.17) is 5.11 Å². The maximum Gasteiger partial charge on any atom is 0.354 e. The maximum atomic E-state index is 10.8. The minimum Gasteiger partial charge on any atom is -0.477 e. The van der Waals surface area contributed by atoms with Crippen LogP contribution in [0.15, 0.2) is 18.2 Å². The van der Waals surface area contributed by atoms with Gasteiger partial charge in [-0.1, -0.05) is 13.0 Å². The van der Waals surface area contributed by atoms with Crippen molar-refractivity contribution in [3.8, 4) is 0 Å². The first-order valence-corrected chi connectivity index (χ1v) is 7.32. The standard InChI is InChI=1S/C13H18N2O2S/c1-2-18-10-7-6-9(8-10)14-12-5-3-4-11(15-12)13(16)17/h3-5,9-10H,2,6-8H2,1H3,(H,14,15)(H,16,17). The molecule has 2 unspecified atom stereocenters. The van der Waals surface area contributed by atoms with Crippen molar-refractivity contribution >= 4 is 23.5 Å². The number of aromatic nitrogens is 1. The lowest BCUT2D eigenvalue weighted by atomic mass is 10.2. The number of nitrogens with zero attached hydrogens (tertiary/aromatic N) is 1. The summed E-state index contributed by atoms with van der Waals surface area (Å²) < 4.78 is 0. The molecule has 1 saturated carbocycles. The highest BCUT2D eigenvalue weighted by Crippen LogP contribution is 2.31. The zero-order chi connectivity index (χ0) is 13.0. The molecular weight excluding hydrogens is 248 g/mol. The Hall–Kier alpha value is -1.23. The topological polar surface area (TPSA) is 62.2 Å². The average molecular weight is 266 g/mol. The van der Waals surface area contributed by atoms with Crippen molar-refractivity contribution in [1.82, 2.24) is 4.98 Å². The first kappa shape index (κ1) is 13.2. The third-order valence-electron chi connectivity index (χ3n) is 3.11. The molecule has 1 aliphatic carbocycles. The number of pyridine rings is 1. The monoisotopic (exact) mass is 266 g/mol. The quantitative estimate of drug-likeness (QED) is 0.858. The summed E-state index contributed by atoms with van der Waals surface area (Å²) in [6.07, 6.45) is 3.50. The average Bonchev–Trinajstić information content (AvgIpc) is 2.77. The molecule has 0 radical (unpaired) electrons. The third kappa shape index (κ3) is 3.38. The number of carbonyl (C=O) groups is 1. The first-order valence-electron chi connectivity index (χ1n) is 6.27. The fourth-order valence-electron chi connectivity index (χ4n) is 2.30. The number of hydrogen-bond donors (Lipinski definition) is 2. The lowest BCUT2D eigenvalue weighted by Crippen LogP contribution is -2.17. The van der Waals surface area contributed by atoms with Crippen molar-refractivity contribution in [2.75, 3.05) is 11.1 Å². The Balaban J connectivity index is 1.94. The van der Waals surface area contributed by atoms with Gasteiger partial charge in [0.25, 0.3) is 0 Å². The Morgan fingerprint density at radius 3 is 3.11 bits per heavy atom. The van der Waals surface area contributed by atoms with Gasteiger partial charge in [-0.2, -0.15) is 11.8 Å². The Morgan fingerprint density at radius 1 is 1.56 bits per heavy atom. The van der Waals surface area contributed by atoms with Crippen LogP contribution in [0, 0.1) is 0 Å². The molecule has 1 fully saturated rings. The third-order valence-corrected chi connectivity index (χ3v) is 4.34. The summed E-state index contributed by atoms with van der Waals surface area (Å²) in [5, 5.41) is 13.0. The van der Waals surface area contributed by atoms with Crippen LogP contribution in [0.4, 0.5) is 5.82 Å². The van der Waals surface area contributed by atoms with Gasteiger partial charge in [0.15, 0.2) is 5.69 Å². The molecule has 1 heterocycles. The van der Waals surface area contributed by atoms with Gasteiger partial charge in [-0.25, -0.2) is 9.78 Å². The minimum atomic E-state index is -0.982. The van der Waals surface area contributed by atoms with E-state index in [0.717, 1.165) is 23.8 Å². The Bertz CT molecular complexity index is 425. The summed E-state index contributed by atoms with van der Waals surface area (Å²) in [7, 11) is 0. The predicted molar refractivity (Wildman–Crippen MR) is 74.4 cm³/mol. The van der Waals surface area contributed by atoms with Crippen LogP contribution >= 0.6 is 11.8 Å². The molecule has 0 bridgehead atoms. The van der Waals surface area contributed by atoms with E-state index in [9.17, 15) is 4.79 Å². The number of rotatable bonds is 5. The van der Waals surface area contributed by atoms with E-state index in [-0.39, 0.29) is 5.69 Å². The molecule has 5 heteroatoms. The number of thioether (sulfide) groups is 1. The van der Waals surface area contributed by atoms with Gasteiger partial charge in [0.05, 0.1) is 0 Å². The summed E-state index contributed by atoms with van der Waals surface area (Å²) in [6, 6.07) is 5.49. The van der Waals surface area contributed by atoms with E-state index in [0.29, 0.717) is 11.9 Å². The highest BCUT2D eigenvalue weighted by atomic mass is 32.2. The first-order chi connectivity index (χ1) is 8.69. The van der Waals surface area contributed by atoms with Crippen molar-refractivity contribution in [3.63, 3.8) is 0 Å². The molecule has 18 heavy (non-hydrogen) atoms. The van der Waals surface area contributed by atoms with Crippen LogP contribution in [-0.2, 0) is 0 Å². The second kappa shape index (κ2) is 6.09. The number of hydrogen-bond acceptors (Lipinski definition) is 4. The highest BCUT2D eigenvalue weighted by Gasteiger charge is 2.24. The summed E-state index contributed by atoms with van der Waals surface area (Å²) in [4.78, 5) is 14.9. The van der Waals surface area contributed by atoms with Crippen molar-refractivity contribution < 1.29 is 9.90 Å². The largest absolute Gasteiger partial charge is 0.477 e. The van der Waals surface area contributed by atoms with Gasteiger partial charge in [-0.3, -0.25) is 0 Å². The van der Waals surface area contributed by atoms with Gasteiger partial charge in [0.1, 0.15) is 5.82 Å². The van der Waals surface area contributed by atoms with Crippen LogP contribution < -0.4 is 5.32 Å². The number of nitrogens with one attached hydrogen (secondary N) is 1.